The second kappa shape index (κ2) is 7.19. The maximum absolute atomic E-state index is 12.2. The molecule has 1 unspecified atom stereocenters. The van der Waals surface area contributed by atoms with Crippen molar-refractivity contribution in [3.05, 3.63) is 30.1 Å². The Balaban J connectivity index is 0.00000180. The van der Waals surface area contributed by atoms with Crippen LogP contribution in [0.1, 0.15) is 24.9 Å². The summed E-state index contributed by atoms with van der Waals surface area (Å²) in [6, 6.07) is 3.64. The molecule has 108 valence electrons. The Hall–Kier alpha value is -0.690. The quantitative estimate of drug-likeness (QED) is 0.907. The molecule has 0 saturated carbocycles. The Labute approximate surface area is 120 Å². The van der Waals surface area contributed by atoms with Crippen LogP contribution in [0.2, 0.25) is 0 Å². The molecule has 1 aromatic heterocycles. The van der Waals surface area contributed by atoms with Crippen molar-refractivity contribution in [3.63, 3.8) is 0 Å². The van der Waals surface area contributed by atoms with Gasteiger partial charge in [-0.05, 0) is 18.1 Å². The molecule has 1 aliphatic heterocycles. The highest BCUT2D eigenvalue weighted by Crippen LogP contribution is 2.24. The Morgan fingerprint density at radius 1 is 1.53 bits per heavy atom. The van der Waals surface area contributed by atoms with Crippen molar-refractivity contribution in [2.24, 2.45) is 0 Å². The highest BCUT2D eigenvalue weighted by atomic mass is 35.5. The van der Waals surface area contributed by atoms with Gasteiger partial charge in [0.1, 0.15) is 0 Å². The molecular formula is C12H20ClN3O2S. The van der Waals surface area contributed by atoms with E-state index >= 15 is 0 Å². The average molecular weight is 306 g/mol. The Morgan fingerprint density at radius 3 is 2.95 bits per heavy atom. The molecule has 0 radical (unpaired) electrons. The number of rotatable bonds is 4. The predicted molar refractivity (Wildman–Crippen MR) is 77.9 cm³/mol. The number of sulfonamides is 1. The third-order valence-electron chi connectivity index (χ3n) is 3.08. The second-order valence-corrected chi connectivity index (χ2v) is 6.47. The fourth-order valence-corrected chi connectivity index (χ4v) is 3.95. The highest BCUT2D eigenvalue weighted by molar-refractivity contribution is 7.89. The topological polar surface area (TPSA) is 62.3 Å². The van der Waals surface area contributed by atoms with E-state index in [-0.39, 0.29) is 24.2 Å². The summed E-state index contributed by atoms with van der Waals surface area (Å²) >= 11 is 0. The predicted octanol–water partition coefficient (Wildman–Crippen LogP) is 1.19. The van der Waals surface area contributed by atoms with Gasteiger partial charge in [-0.25, -0.2) is 8.42 Å². The van der Waals surface area contributed by atoms with Gasteiger partial charge in [0.05, 0.1) is 11.8 Å². The molecule has 1 saturated heterocycles. The average Bonchev–Trinajstić information content (AvgIpc) is 2.40. The van der Waals surface area contributed by atoms with Crippen LogP contribution < -0.4 is 5.32 Å². The van der Waals surface area contributed by atoms with Crippen LogP contribution in [-0.2, 0) is 10.0 Å². The molecule has 0 amide bonds. The molecule has 1 fully saturated rings. The van der Waals surface area contributed by atoms with Crippen molar-refractivity contribution >= 4 is 22.4 Å². The van der Waals surface area contributed by atoms with Gasteiger partial charge in [0.25, 0.3) is 0 Å². The second-order valence-electron chi connectivity index (χ2n) is 4.43. The minimum absolute atomic E-state index is 0. The van der Waals surface area contributed by atoms with Crippen LogP contribution >= 0.6 is 12.4 Å². The Morgan fingerprint density at radius 2 is 2.32 bits per heavy atom. The first kappa shape index (κ1) is 16.4. The first-order valence-electron chi connectivity index (χ1n) is 6.25. The molecule has 7 heteroatoms. The fourth-order valence-electron chi connectivity index (χ4n) is 2.25. The molecule has 1 N–H and O–H groups in total. The van der Waals surface area contributed by atoms with Gasteiger partial charge in [0.2, 0.25) is 10.0 Å². The SMILES string of the molecule is CCCS(=O)(=O)N1CCNCC1c1cccnc1.Cl. The summed E-state index contributed by atoms with van der Waals surface area (Å²) in [6.45, 7) is 3.77. The summed E-state index contributed by atoms with van der Waals surface area (Å²) < 4.78 is 26.1. The molecule has 0 aliphatic carbocycles. The van der Waals surface area contributed by atoms with E-state index in [1.165, 1.54) is 0 Å². The van der Waals surface area contributed by atoms with Crippen LogP contribution in [0.5, 0.6) is 0 Å². The molecule has 1 atom stereocenters. The molecule has 1 aromatic rings. The van der Waals surface area contributed by atoms with E-state index in [9.17, 15) is 8.42 Å². The largest absolute Gasteiger partial charge is 0.313 e. The molecular weight excluding hydrogens is 286 g/mol. The molecule has 19 heavy (non-hydrogen) atoms. The van der Waals surface area contributed by atoms with E-state index in [2.05, 4.69) is 10.3 Å². The summed E-state index contributed by atoms with van der Waals surface area (Å²) in [4.78, 5) is 4.07. The van der Waals surface area contributed by atoms with Gasteiger partial charge in [0, 0.05) is 32.0 Å². The lowest BCUT2D eigenvalue weighted by molar-refractivity contribution is 0.271. The van der Waals surface area contributed by atoms with Gasteiger partial charge in [0.15, 0.2) is 0 Å². The molecule has 5 nitrogen and oxygen atoms in total. The number of nitrogens with zero attached hydrogens (tertiary/aromatic N) is 2. The van der Waals surface area contributed by atoms with Crippen LogP contribution in [0.3, 0.4) is 0 Å². The Kier molecular flexibility index (Phi) is 6.19. The lowest BCUT2D eigenvalue weighted by Crippen LogP contribution is -2.49. The van der Waals surface area contributed by atoms with Crippen LogP contribution in [0.15, 0.2) is 24.5 Å². The molecule has 2 rings (SSSR count). The summed E-state index contributed by atoms with van der Waals surface area (Å²) in [5, 5.41) is 3.24. The maximum Gasteiger partial charge on any atom is 0.214 e. The number of piperazine rings is 1. The molecule has 0 aromatic carbocycles. The number of nitrogens with one attached hydrogen (secondary N) is 1. The Bertz CT molecular complexity index is 481. The van der Waals surface area contributed by atoms with E-state index < -0.39 is 10.0 Å². The van der Waals surface area contributed by atoms with Crippen LogP contribution in [-0.4, -0.2) is 43.1 Å². The standard InChI is InChI=1S/C12H19N3O2S.ClH/c1-2-8-18(16,17)15-7-6-14-10-12(15)11-4-3-5-13-9-11;/h3-5,9,12,14H,2,6-8,10H2,1H3;1H. The van der Waals surface area contributed by atoms with Crippen molar-refractivity contribution in [1.29, 1.82) is 0 Å². The normalized spacial score (nSPS) is 20.8. The molecule has 0 bridgehead atoms. The highest BCUT2D eigenvalue weighted by Gasteiger charge is 2.32. The maximum atomic E-state index is 12.2. The molecule has 0 spiro atoms. The first-order valence-corrected chi connectivity index (χ1v) is 7.86. The first-order chi connectivity index (χ1) is 8.65. The minimum Gasteiger partial charge on any atom is -0.313 e. The number of aromatic nitrogens is 1. The van der Waals surface area contributed by atoms with E-state index in [1.807, 2.05) is 19.1 Å². The van der Waals surface area contributed by atoms with Gasteiger partial charge in [-0.3, -0.25) is 4.98 Å². The van der Waals surface area contributed by atoms with Gasteiger partial charge >= 0.3 is 0 Å². The van der Waals surface area contributed by atoms with Crippen LogP contribution in [0, 0.1) is 0 Å². The van der Waals surface area contributed by atoms with E-state index in [0.717, 1.165) is 5.56 Å². The van der Waals surface area contributed by atoms with Gasteiger partial charge < -0.3 is 5.32 Å². The van der Waals surface area contributed by atoms with E-state index in [1.54, 1.807) is 16.7 Å². The van der Waals surface area contributed by atoms with Crippen molar-refractivity contribution in [3.8, 4) is 0 Å². The molecule has 2 heterocycles. The van der Waals surface area contributed by atoms with E-state index in [4.69, 9.17) is 0 Å². The molecule has 1 aliphatic rings. The van der Waals surface area contributed by atoms with Gasteiger partial charge in [-0.15, -0.1) is 12.4 Å². The lowest BCUT2D eigenvalue weighted by atomic mass is 10.1. The number of halogens is 1. The van der Waals surface area contributed by atoms with Crippen LogP contribution in [0.25, 0.3) is 0 Å². The number of hydrogen-bond acceptors (Lipinski definition) is 4. The number of hydrogen-bond donors (Lipinski definition) is 1. The van der Waals surface area contributed by atoms with Crippen molar-refractivity contribution in [2.45, 2.75) is 19.4 Å². The van der Waals surface area contributed by atoms with Gasteiger partial charge in [-0.2, -0.15) is 4.31 Å². The smallest absolute Gasteiger partial charge is 0.214 e. The lowest BCUT2D eigenvalue weighted by Gasteiger charge is -2.35. The van der Waals surface area contributed by atoms with Crippen molar-refractivity contribution < 1.29 is 8.42 Å². The van der Waals surface area contributed by atoms with Crippen LogP contribution in [0.4, 0.5) is 0 Å². The van der Waals surface area contributed by atoms with E-state index in [0.29, 0.717) is 26.1 Å². The van der Waals surface area contributed by atoms with Gasteiger partial charge in [-0.1, -0.05) is 13.0 Å². The summed E-state index contributed by atoms with van der Waals surface area (Å²) in [5.74, 6) is 0.212. The zero-order valence-corrected chi connectivity index (χ0v) is 12.6. The monoisotopic (exact) mass is 305 g/mol. The van der Waals surface area contributed by atoms with Crippen molar-refractivity contribution in [1.82, 2.24) is 14.6 Å². The summed E-state index contributed by atoms with van der Waals surface area (Å²) in [7, 11) is -3.17. The third-order valence-corrected chi connectivity index (χ3v) is 5.16. The number of pyridine rings is 1. The summed E-state index contributed by atoms with van der Waals surface area (Å²) in [6.07, 6.45) is 4.09. The zero-order chi connectivity index (χ0) is 13.0. The zero-order valence-electron chi connectivity index (χ0n) is 10.9. The third kappa shape index (κ3) is 3.89. The minimum atomic E-state index is -3.17. The fraction of sp³-hybridized carbons (Fsp3) is 0.583. The van der Waals surface area contributed by atoms with Crippen molar-refractivity contribution in [2.75, 3.05) is 25.4 Å². The summed E-state index contributed by atoms with van der Waals surface area (Å²) in [5.41, 5.74) is 0.948.